The Morgan fingerprint density at radius 1 is 1.06 bits per heavy atom. The van der Waals surface area contributed by atoms with E-state index in [0.29, 0.717) is 55.9 Å². The average Bonchev–Trinajstić information content (AvgIpc) is 2.96. The monoisotopic (exact) mass is 446 g/mol. The third-order valence-electron chi connectivity index (χ3n) is 5.80. The van der Waals surface area contributed by atoms with Crippen LogP contribution in [0.15, 0.2) is 48.5 Å². The molecule has 1 aliphatic rings. The summed E-state index contributed by atoms with van der Waals surface area (Å²) in [6.45, 7) is 10.1. The molecule has 6 heteroatoms. The molecule has 172 valence electrons. The molecular weight excluding hydrogens is 416 g/mol. The lowest BCUT2D eigenvalue weighted by atomic mass is 10.0. The van der Waals surface area contributed by atoms with Crippen LogP contribution in [0.2, 0.25) is 0 Å². The first-order chi connectivity index (χ1) is 16.0. The van der Waals surface area contributed by atoms with Gasteiger partial charge in [-0.15, -0.1) is 0 Å². The number of pyridine rings is 1. The molecule has 0 unspecified atom stereocenters. The van der Waals surface area contributed by atoms with E-state index in [-0.39, 0.29) is 5.91 Å². The Hall–Kier alpha value is -3.54. The topological polar surface area (TPSA) is 60.9 Å². The molecule has 2 heterocycles. The number of hydrogen-bond donors (Lipinski definition) is 0. The Labute approximate surface area is 195 Å². The molecule has 0 spiro atoms. The van der Waals surface area contributed by atoms with Crippen molar-refractivity contribution < 1.29 is 19.0 Å². The van der Waals surface area contributed by atoms with Crippen molar-refractivity contribution >= 4 is 5.91 Å². The van der Waals surface area contributed by atoms with Gasteiger partial charge in [-0.05, 0) is 57.0 Å². The summed E-state index contributed by atoms with van der Waals surface area (Å²) in [5.41, 5.74) is 5.26. The van der Waals surface area contributed by atoms with E-state index in [9.17, 15) is 4.79 Å². The minimum absolute atomic E-state index is 0.0736. The summed E-state index contributed by atoms with van der Waals surface area (Å²) in [6.07, 6.45) is 0. The molecule has 33 heavy (non-hydrogen) atoms. The van der Waals surface area contributed by atoms with Crippen LogP contribution in [0, 0.1) is 20.8 Å². The predicted molar refractivity (Wildman–Crippen MR) is 127 cm³/mol. The van der Waals surface area contributed by atoms with Crippen LogP contribution in [-0.2, 0) is 13.2 Å². The lowest BCUT2D eigenvalue weighted by Crippen LogP contribution is -2.32. The molecule has 1 aromatic heterocycles. The van der Waals surface area contributed by atoms with E-state index < -0.39 is 0 Å². The maximum absolute atomic E-state index is 13.6. The lowest BCUT2D eigenvalue weighted by molar-refractivity contribution is 0.0739. The first kappa shape index (κ1) is 22.6. The zero-order chi connectivity index (χ0) is 23.4. The van der Waals surface area contributed by atoms with Gasteiger partial charge in [0.1, 0.15) is 24.7 Å². The molecule has 0 saturated heterocycles. The maximum atomic E-state index is 13.6. The maximum Gasteiger partial charge on any atom is 0.258 e. The van der Waals surface area contributed by atoms with Crippen molar-refractivity contribution in [3.63, 3.8) is 0 Å². The number of nitrogens with zero attached hydrogens (tertiary/aromatic N) is 2. The van der Waals surface area contributed by atoms with Gasteiger partial charge in [-0.25, -0.2) is 4.98 Å². The van der Waals surface area contributed by atoms with E-state index in [1.807, 2.05) is 81.1 Å². The number of ether oxygens (including phenoxy) is 3. The number of aryl methyl sites for hydroxylation is 2. The molecule has 0 saturated carbocycles. The molecular formula is C27H30N2O4. The standard InChI is InChI=1S/C27H30N2O4/c1-5-31-23-11-12-24-25(20(23)4)27(30)29(13-14-32-24)16-22-18(2)15-19(3)28-26(22)33-17-21-9-7-6-8-10-21/h6-12,15H,5,13-14,16-17H2,1-4H3. The number of benzene rings is 2. The summed E-state index contributed by atoms with van der Waals surface area (Å²) in [5.74, 6) is 1.79. The van der Waals surface area contributed by atoms with Gasteiger partial charge in [0.05, 0.1) is 25.3 Å². The van der Waals surface area contributed by atoms with Crippen LogP contribution in [0.25, 0.3) is 0 Å². The number of fused-ring (bicyclic) bond motifs is 1. The highest BCUT2D eigenvalue weighted by atomic mass is 16.5. The van der Waals surface area contributed by atoms with E-state index in [1.54, 1.807) is 0 Å². The predicted octanol–water partition coefficient (Wildman–Crippen LogP) is 5.02. The number of rotatable bonds is 7. The SMILES string of the molecule is CCOc1ccc2c(c1C)C(=O)N(Cc1c(C)cc(C)nc1OCc1ccccc1)CCO2. The van der Waals surface area contributed by atoms with Crippen molar-refractivity contribution in [2.45, 2.75) is 40.8 Å². The first-order valence-electron chi connectivity index (χ1n) is 11.3. The molecule has 0 radical (unpaired) electrons. The van der Waals surface area contributed by atoms with Crippen molar-refractivity contribution in [2.75, 3.05) is 19.8 Å². The fourth-order valence-electron chi connectivity index (χ4n) is 4.10. The summed E-state index contributed by atoms with van der Waals surface area (Å²) < 4.78 is 17.8. The molecule has 6 nitrogen and oxygen atoms in total. The Bertz CT molecular complexity index is 1140. The largest absolute Gasteiger partial charge is 0.494 e. The second kappa shape index (κ2) is 9.94. The van der Waals surface area contributed by atoms with Gasteiger partial charge in [-0.1, -0.05) is 30.3 Å². The van der Waals surface area contributed by atoms with Crippen LogP contribution in [0.5, 0.6) is 17.4 Å². The fourth-order valence-corrected chi connectivity index (χ4v) is 4.10. The van der Waals surface area contributed by atoms with Crippen LogP contribution < -0.4 is 14.2 Å². The second-order valence-corrected chi connectivity index (χ2v) is 8.21. The minimum Gasteiger partial charge on any atom is -0.494 e. The van der Waals surface area contributed by atoms with Gasteiger partial charge in [0.2, 0.25) is 5.88 Å². The highest BCUT2D eigenvalue weighted by Gasteiger charge is 2.28. The highest BCUT2D eigenvalue weighted by molar-refractivity contribution is 5.99. The molecule has 3 aromatic rings. The molecule has 1 amide bonds. The molecule has 1 aliphatic heterocycles. The van der Waals surface area contributed by atoms with Crippen molar-refractivity contribution in [2.24, 2.45) is 0 Å². The molecule has 0 bridgehead atoms. The van der Waals surface area contributed by atoms with Crippen molar-refractivity contribution in [3.8, 4) is 17.4 Å². The van der Waals surface area contributed by atoms with Crippen LogP contribution in [0.1, 0.15) is 45.2 Å². The van der Waals surface area contributed by atoms with E-state index in [1.165, 1.54) is 0 Å². The number of hydrogen-bond acceptors (Lipinski definition) is 5. The Morgan fingerprint density at radius 3 is 2.61 bits per heavy atom. The van der Waals surface area contributed by atoms with E-state index in [2.05, 4.69) is 4.98 Å². The van der Waals surface area contributed by atoms with Gasteiger partial charge in [-0.2, -0.15) is 0 Å². The zero-order valence-corrected chi connectivity index (χ0v) is 19.7. The van der Waals surface area contributed by atoms with Crippen molar-refractivity contribution in [3.05, 3.63) is 82.0 Å². The van der Waals surface area contributed by atoms with Gasteiger partial charge < -0.3 is 19.1 Å². The molecule has 0 aliphatic carbocycles. The number of carbonyl (C=O) groups excluding carboxylic acids is 1. The molecule has 4 rings (SSSR count). The molecule has 0 atom stereocenters. The van der Waals surface area contributed by atoms with E-state index in [4.69, 9.17) is 14.2 Å². The fraction of sp³-hybridized carbons (Fsp3) is 0.333. The minimum atomic E-state index is -0.0736. The van der Waals surface area contributed by atoms with Crippen molar-refractivity contribution in [1.82, 2.24) is 9.88 Å². The van der Waals surface area contributed by atoms with Gasteiger partial charge in [0, 0.05) is 16.8 Å². The van der Waals surface area contributed by atoms with E-state index >= 15 is 0 Å². The third-order valence-corrected chi connectivity index (χ3v) is 5.80. The van der Waals surface area contributed by atoms with Gasteiger partial charge in [0.15, 0.2) is 0 Å². The molecule has 2 aromatic carbocycles. The zero-order valence-electron chi connectivity index (χ0n) is 19.7. The summed E-state index contributed by atoms with van der Waals surface area (Å²) in [4.78, 5) is 20.1. The van der Waals surface area contributed by atoms with Gasteiger partial charge in [-0.3, -0.25) is 4.79 Å². The Kier molecular flexibility index (Phi) is 6.82. The third kappa shape index (κ3) is 4.95. The summed E-state index contributed by atoms with van der Waals surface area (Å²) in [5, 5.41) is 0. The first-order valence-corrected chi connectivity index (χ1v) is 11.3. The summed E-state index contributed by atoms with van der Waals surface area (Å²) in [7, 11) is 0. The smallest absolute Gasteiger partial charge is 0.258 e. The highest BCUT2D eigenvalue weighted by Crippen LogP contribution is 2.34. The number of carbonyl (C=O) groups is 1. The van der Waals surface area contributed by atoms with E-state index in [0.717, 1.165) is 27.9 Å². The van der Waals surface area contributed by atoms with Gasteiger partial charge in [0.25, 0.3) is 5.91 Å². The van der Waals surface area contributed by atoms with Gasteiger partial charge >= 0.3 is 0 Å². The number of amides is 1. The second-order valence-electron chi connectivity index (χ2n) is 8.21. The van der Waals surface area contributed by atoms with Crippen molar-refractivity contribution in [1.29, 1.82) is 0 Å². The molecule has 0 fully saturated rings. The normalized spacial score (nSPS) is 13.2. The van der Waals surface area contributed by atoms with Crippen LogP contribution >= 0.6 is 0 Å². The van der Waals surface area contributed by atoms with Crippen LogP contribution in [0.3, 0.4) is 0 Å². The van der Waals surface area contributed by atoms with Crippen LogP contribution in [0.4, 0.5) is 0 Å². The van der Waals surface area contributed by atoms with Crippen LogP contribution in [-0.4, -0.2) is 35.5 Å². The summed E-state index contributed by atoms with van der Waals surface area (Å²) in [6, 6.07) is 15.7. The Balaban J connectivity index is 1.63. The molecule has 0 N–H and O–H groups in total. The summed E-state index contributed by atoms with van der Waals surface area (Å²) >= 11 is 0. The average molecular weight is 447 g/mol. The Morgan fingerprint density at radius 2 is 1.85 bits per heavy atom. The lowest BCUT2D eigenvalue weighted by Gasteiger charge is -2.23. The number of aromatic nitrogens is 1. The quantitative estimate of drug-likeness (QED) is 0.510.